The summed E-state index contributed by atoms with van der Waals surface area (Å²) in [6, 6.07) is 4.02. The molecular weight excluding hydrogens is 278 g/mol. The molecule has 0 aliphatic heterocycles. The number of hydrogen-bond acceptors (Lipinski definition) is 6. The molecule has 0 atom stereocenters. The summed E-state index contributed by atoms with van der Waals surface area (Å²) in [5.74, 6) is 0.213. The van der Waals surface area contributed by atoms with Gasteiger partial charge in [0.05, 0.1) is 17.3 Å². The van der Waals surface area contributed by atoms with Crippen LogP contribution in [0.15, 0.2) is 35.7 Å². The van der Waals surface area contributed by atoms with Gasteiger partial charge in [-0.25, -0.2) is 0 Å². The zero-order chi connectivity index (χ0) is 15.4. The van der Waals surface area contributed by atoms with Crippen LogP contribution in [-0.4, -0.2) is 25.7 Å². The Morgan fingerprint density at radius 2 is 2.38 bits per heavy atom. The van der Waals surface area contributed by atoms with E-state index >= 15 is 0 Å². The predicted molar refractivity (Wildman–Crippen MR) is 73.6 cm³/mol. The van der Waals surface area contributed by atoms with Crippen LogP contribution in [0.1, 0.15) is 12.5 Å². The molecule has 9 nitrogen and oxygen atoms in total. The Hall–Kier alpha value is -3.10. The number of rotatable bonds is 5. The third-order valence-electron chi connectivity index (χ3n) is 2.72. The van der Waals surface area contributed by atoms with Crippen LogP contribution in [0.3, 0.4) is 0 Å². The quantitative estimate of drug-likeness (QED) is 0.283. The second-order valence-corrected chi connectivity index (χ2v) is 4.06. The lowest BCUT2D eigenvalue weighted by molar-refractivity contribution is -0.385. The molecule has 0 saturated heterocycles. The Bertz CT molecular complexity index is 695. The highest BCUT2D eigenvalue weighted by Crippen LogP contribution is 2.31. The second kappa shape index (κ2) is 5.90. The number of nitrogens with zero attached hydrogens (tertiary/aromatic N) is 4. The number of amidine groups is 1. The average Bonchev–Trinajstić information content (AvgIpc) is 2.94. The third-order valence-corrected chi connectivity index (χ3v) is 2.72. The molecule has 0 unspecified atom stereocenters. The van der Waals surface area contributed by atoms with Gasteiger partial charge in [0.25, 0.3) is 0 Å². The van der Waals surface area contributed by atoms with E-state index in [0.717, 1.165) is 0 Å². The van der Waals surface area contributed by atoms with Gasteiger partial charge in [0.2, 0.25) is 5.75 Å². The van der Waals surface area contributed by atoms with E-state index in [1.165, 1.54) is 24.4 Å². The van der Waals surface area contributed by atoms with Crippen molar-refractivity contribution >= 4 is 11.5 Å². The number of aromatic nitrogens is 2. The fourth-order valence-electron chi connectivity index (χ4n) is 1.66. The van der Waals surface area contributed by atoms with Crippen molar-refractivity contribution < 1.29 is 14.9 Å². The van der Waals surface area contributed by atoms with Gasteiger partial charge < -0.3 is 15.7 Å². The van der Waals surface area contributed by atoms with Gasteiger partial charge in [0.1, 0.15) is 0 Å². The van der Waals surface area contributed by atoms with Crippen LogP contribution in [0.25, 0.3) is 0 Å². The van der Waals surface area contributed by atoms with Crippen LogP contribution < -0.4 is 10.5 Å². The maximum atomic E-state index is 11.1. The minimum Gasteiger partial charge on any atom is -0.447 e. The highest BCUT2D eigenvalue weighted by molar-refractivity contribution is 5.97. The molecule has 0 saturated carbocycles. The number of nitro benzene ring substituents is 1. The number of nitrogens with two attached hydrogens (primary N) is 1. The van der Waals surface area contributed by atoms with Crippen LogP contribution in [0, 0.1) is 10.1 Å². The maximum Gasteiger partial charge on any atom is 0.312 e. The SMILES string of the molecule is CCn1cc(Oc2ccc(/C(N)=N/O)cc2[N+](=O)[O-])cn1. The summed E-state index contributed by atoms with van der Waals surface area (Å²) in [6.07, 6.45) is 3.09. The average molecular weight is 291 g/mol. The third kappa shape index (κ3) is 3.08. The first-order valence-corrected chi connectivity index (χ1v) is 6.01. The standard InChI is InChI=1S/C12H13N5O4/c1-2-16-7-9(6-14-16)21-11-4-3-8(12(13)15-18)5-10(11)17(19)20/h3-7,18H,2H2,1H3,(H2,13,15). The highest BCUT2D eigenvalue weighted by atomic mass is 16.6. The molecule has 0 amide bonds. The predicted octanol–water partition coefficient (Wildman–Crippen LogP) is 1.70. The van der Waals surface area contributed by atoms with E-state index in [-0.39, 0.29) is 22.8 Å². The van der Waals surface area contributed by atoms with Gasteiger partial charge in [0, 0.05) is 18.2 Å². The van der Waals surface area contributed by atoms with E-state index < -0.39 is 4.92 Å². The summed E-state index contributed by atoms with van der Waals surface area (Å²) < 4.78 is 7.08. The molecule has 0 spiro atoms. The van der Waals surface area contributed by atoms with Crippen molar-refractivity contribution in [1.29, 1.82) is 0 Å². The van der Waals surface area contributed by atoms with Crippen molar-refractivity contribution in [2.45, 2.75) is 13.5 Å². The Labute approximate surface area is 119 Å². The summed E-state index contributed by atoms with van der Waals surface area (Å²) in [5.41, 5.74) is 5.34. The van der Waals surface area contributed by atoms with Gasteiger partial charge in [-0.1, -0.05) is 5.16 Å². The Kier molecular flexibility index (Phi) is 4.02. The lowest BCUT2D eigenvalue weighted by Gasteiger charge is -2.05. The van der Waals surface area contributed by atoms with Crippen molar-refractivity contribution in [3.05, 3.63) is 46.3 Å². The van der Waals surface area contributed by atoms with Crippen molar-refractivity contribution in [1.82, 2.24) is 9.78 Å². The highest BCUT2D eigenvalue weighted by Gasteiger charge is 2.18. The molecule has 1 aromatic heterocycles. The number of nitro groups is 1. The first-order chi connectivity index (χ1) is 10.0. The number of ether oxygens (including phenoxy) is 1. The lowest BCUT2D eigenvalue weighted by atomic mass is 10.1. The van der Waals surface area contributed by atoms with E-state index in [1.807, 2.05) is 6.92 Å². The maximum absolute atomic E-state index is 11.1. The van der Waals surface area contributed by atoms with Gasteiger partial charge in [0.15, 0.2) is 11.6 Å². The van der Waals surface area contributed by atoms with Crippen LogP contribution in [0.4, 0.5) is 5.69 Å². The molecule has 0 aliphatic carbocycles. The van der Waals surface area contributed by atoms with Crippen LogP contribution in [0.2, 0.25) is 0 Å². The topological polar surface area (TPSA) is 129 Å². The zero-order valence-corrected chi connectivity index (χ0v) is 11.1. The summed E-state index contributed by atoms with van der Waals surface area (Å²) in [6.45, 7) is 2.57. The molecule has 0 radical (unpaired) electrons. The second-order valence-electron chi connectivity index (χ2n) is 4.06. The molecule has 1 heterocycles. The number of benzene rings is 1. The van der Waals surface area contributed by atoms with Crippen molar-refractivity contribution in [3.63, 3.8) is 0 Å². The first-order valence-electron chi connectivity index (χ1n) is 6.01. The monoisotopic (exact) mass is 291 g/mol. The van der Waals surface area contributed by atoms with E-state index in [0.29, 0.717) is 12.3 Å². The summed E-state index contributed by atoms with van der Waals surface area (Å²) in [5, 5.41) is 26.5. The minimum atomic E-state index is -0.603. The molecule has 0 bridgehead atoms. The molecule has 2 rings (SSSR count). The van der Waals surface area contributed by atoms with Gasteiger partial charge >= 0.3 is 5.69 Å². The normalized spacial score (nSPS) is 11.4. The summed E-state index contributed by atoms with van der Waals surface area (Å²) >= 11 is 0. The number of aryl methyl sites for hydroxylation is 1. The fourth-order valence-corrected chi connectivity index (χ4v) is 1.66. The molecule has 1 aromatic carbocycles. The largest absolute Gasteiger partial charge is 0.447 e. The van der Waals surface area contributed by atoms with E-state index in [9.17, 15) is 10.1 Å². The van der Waals surface area contributed by atoms with Gasteiger partial charge in [-0.3, -0.25) is 14.8 Å². The smallest absolute Gasteiger partial charge is 0.312 e. The molecular formula is C12H13N5O4. The van der Waals surface area contributed by atoms with Crippen LogP contribution in [-0.2, 0) is 6.54 Å². The summed E-state index contributed by atoms with van der Waals surface area (Å²) in [4.78, 5) is 10.5. The van der Waals surface area contributed by atoms with Crippen LogP contribution >= 0.6 is 0 Å². The molecule has 3 N–H and O–H groups in total. The Morgan fingerprint density at radius 3 is 2.95 bits per heavy atom. The van der Waals surface area contributed by atoms with Gasteiger partial charge in [-0.15, -0.1) is 0 Å². The van der Waals surface area contributed by atoms with E-state index in [4.69, 9.17) is 15.7 Å². The first kappa shape index (κ1) is 14.3. The van der Waals surface area contributed by atoms with Crippen molar-refractivity contribution in [2.75, 3.05) is 0 Å². The Morgan fingerprint density at radius 1 is 1.62 bits per heavy atom. The fraction of sp³-hybridized carbons (Fsp3) is 0.167. The zero-order valence-electron chi connectivity index (χ0n) is 11.1. The van der Waals surface area contributed by atoms with E-state index in [2.05, 4.69) is 10.3 Å². The van der Waals surface area contributed by atoms with E-state index in [1.54, 1.807) is 10.9 Å². The van der Waals surface area contributed by atoms with Crippen molar-refractivity contribution in [2.24, 2.45) is 10.9 Å². The van der Waals surface area contributed by atoms with Crippen LogP contribution in [0.5, 0.6) is 11.5 Å². The lowest BCUT2D eigenvalue weighted by Crippen LogP contribution is -2.13. The molecule has 21 heavy (non-hydrogen) atoms. The molecule has 0 aliphatic rings. The molecule has 9 heteroatoms. The summed E-state index contributed by atoms with van der Waals surface area (Å²) in [7, 11) is 0. The Balaban J connectivity index is 2.36. The molecule has 0 fully saturated rings. The minimum absolute atomic E-state index is 0.0464. The van der Waals surface area contributed by atoms with Crippen molar-refractivity contribution in [3.8, 4) is 11.5 Å². The molecule has 110 valence electrons. The molecule has 2 aromatic rings. The van der Waals surface area contributed by atoms with Gasteiger partial charge in [-0.2, -0.15) is 5.10 Å². The number of hydrogen-bond donors (Lipinski definition) is 2. The van der Waals surface area contributed by atoms with Gasteiger partial charge in [-0.05, 0) is 19.1 Å². The number of oxime groups is 1.